The highest BCUT2D eigenvalue weighted by molar-refractivity contribution is 7.85. The first kappa shape index (κ1) is 14.8. The van der Waals surface area contributed by atoms with Gasteiger partial charge in [-0.25, -0.2) is 0 Å². The summed E-state index contributed by atoms with van der Waals surface area (Å²) in [6, 6.07) is 4.05. The Balaban J connectivity index is 3.03. The molecule has 0 aliphatic carbocycles. The predicted octanol–water partition coefficient (Wildman–Crippen LogP) is 2.51. The highest BCUT2D eigenvalue weighted by atomic mass is 32.2. The first-order valence-corrected chi connectivity index (χ1v) is 7.30. The van der Waals surface area contributed by atoms with Gasteiger partial charge in [-0.15, -0.1) is 0 Å². The van der Waals surface area contributed by atoms with Gasteiger partial charge in [0.1, 0.15) is 0 Å². The van der Waals surface area contributed by atoms with Crippen molar-refractivity contribution in [2.45, 2.75) is 31.6 Å². The van der Waals surface area contributed by atoms with Gasteiger partial charge in [0.15, 0.2) is 11.5 Å². The molecule has 1 rings (SSSR count). The van der Waals surface area contributed by atoms with E-state index < -0.39 is 10.1 Å². The third-order valence-electron chi connectivity index (χ3n) is 2.14. The summed E-state index contributed by atoms with van der Waals surface area (Å²) in [5, 5.41) is 0. The molecule has 0 saturated carbocycles. The maximum absolute atomic E-state index is 11.0. The lowest BCUT2D eigenvalue weighted by Crippen LogP contribution is -2.04. The fraction of sp³-hybridized carbons (Fsp3) is 0.500. The topological polar surface area (TPSA) is 72.8 Å². The average molecular weight is 274 g/mol. The van der Waals surface area contributed by atoms with Crippen molar-refractivity contribution in [3.8, 4) is 11.5 Å². The molecule has 0 heterocycles. The third-order valence-corrected chi connectivity index (χ3v) is 2.99. The molecule has 0 aromatic heterocycles. The summed E-state index contributed by atoms with van der Waals surface area (Å²) in [7, 11) is -4.22. The summed E-state index contributed by atoms with van der Waals surface area (Å²) >= 11 is 0. The van der Waals surface area contributed by atoms with Gasteiger partial charge in [-0.2, -0.15) is 8.42 Å². The van der Waals surface area contributed by atoms with Gasteiger partial charge in [0.05, 0.1) is 18.1 Å². The second-order valence-electron chi connectivity index (χ2n) is 3.78. The number of rotatable bonds is 7. The maximum Gasteiger partial charge on any atom is 0.294 e. The highest BCUT2D eigenvalue weighted by Crippen LogP contribution is 2.30. The lowest BCUT2D eigenvalue weighted by atomic mass is 10.3. The minimum atomic E-state index is -4.22. The first-order valence-electron chi connectivity index (χ1n) is 5.86. The molecule has 5 nitrogen and oxygen atoms in total. The zero-order chi connectivity index (χ0) is 13.6. The Labute approximate surface area is 107 Å². The SMILES string of the molecule is CCCOc1ccc(S(=O)(=O)O)cc1OCCC. The zero-order valence-electron chi connectivity index (χ0n) is 10.5. The van der Waals surface area contributed by atoms with Crippen LogP contribution in [0.2, 0.25) is 0 Å². The Hall–Kier alpha value is -1.27. The van der Waals surface area contributed by atoms with Gasteiger partial charge in [0.2, 0.25) is 0 Å². The van der Waals surface area contributed by atoms with Crippen LogP contribution in [0.1, 0.15) is 26.7 Å². The Bertz CT molecular complexity index is 481. The van der Waals surface area contributed by atoms with E-state index in [2.05, 4.69) is 0 Å². The first-order chi connectivity index (χ1) is 8.49. The third kappa shape index (κ3) is 4.19. The van der Waals surface area contributed by atoms with Crippen molar-refractivity contribution in [3.05, 3.63) is 18.2 Å². The van der Waals surface area contributed by atoms with Crippen LogP contribution >= 0.6 is 0 Å². The number of ether oxygens (including phenoxy) is 2. The standard InChI is InChI=1S/C12H18O5S/c1-3-7-16-11-6-5-10(18(13,14)15)9-12(11)17-8-4-2/h5-6,9H,3-4,7-8H2,1-2H3,(H,13,14,15). The summed E-state index contributed by atoms with van der Waals surface area (Å²) in [5.41, 5.74) is 0. The van der Waals surface area contributed by atoms with Gasteiger partial charge >= 0.3 is 0 Å². The van der Waals surface area contributed by atoms with E-state index in [1.54, 1.807) is 0 Å². The van der Waals surface area contributed by atoms with E-state index in [0.717, 1.165) is 12.8 Å². The van der Waals surface area contributed by atoms with Crippen LogP contribution in [0.15, 0.2) is 23.1 Å². The molecule has 0 atom stereocenters. The number of hydrogen-bond donors (Lipinski definition) is 1. The summed E-state index contributed by atoms with van der Waals surface area (Å²) in [6.45, 7) is 4.89. The van der Waals surface area contributed by atoms with E-state index in [9.17, 15) is 8.42 Å². The molecule has 102 valence electrons. The Morgan fingerprint density at radius 1 is 1.06 bits per heavy atom. The fourth-order valence-corrected chi connectivity index (χ4v) is 1.80. The van der Waals surface area contributed by atoms with Crippen LogP contribution in [0, 0.1) is 0 Å². The molecule has 0 spiro atoms. The Kier molecular flexibility index (Phi) is 5.43. The quantitative estimate of drug-likeness (QED) is 0.773. The van der Waals surface area contributed by atoms with Crippen LogP contribution < -0.4 is 9.47 Å². The van der Waals surface area contributed by atoms with Crippen molar-refractivity contribution in [3.63, 3.8) is 0 Å². The van der Waals surface area contributed by atoms with Crippen molar-refractivity contribution < 1.29 is 22.4 Å². The summed E-state index contributed by atoms with van der Waals surface area (Å²) in [6.07, 6.45) is 1.64. The highest BCUT2D eigenvalue weighted by Gasteiger charge is 2.14. The zero-order valence-corrected chi connectivity index (χ0v) is 11.4. The number of benzene rings is 1. The van der Waals surface area contributed by atoms with Crippen LogP contribution in [0.25, 0.3) is 0 Å². The second-order valence-corrected chi connectivity index (χ2v) is 5.20. The lowest BCUT2D eigenvalue weighted by molar-refractivity contribution is 0.267. The monoisotopic (exact) mass is 274 g/mol. The van der Waals surface area contributed by atoms with Crippen LogP contribution in [0.4, 0.5) is 0 Å². The number of hydrogen-bond acceptors (Lipinski definition) is 4. The molecule has 0 radical (unpaired) electrons. The molecule has 18 heavy (non-hydrogen) atoms. The molecule has 1 aromatic carbocycles. The van der Waals surface area contributed by atoms with Crippen LogP contribution in [-0.4, -0.2) is 26.2 Å². The molecule has 0 bridgehead atoms. The van der Waals surface area contributed by atoms with Crippen molar-refractivity contribution in [1.82, 2.24) is 0 Å². The molecule has 0 amide bonds. The van der Waals surface area contributed by atoms with E-state index in [0.29, 0.717) is 24.7 Å². The van der Waals surface area contributed by atoms with Crippen LogP contribution in [-0.2, 0) is 10.1 Å². The molecule has 1 aromatic rings. The van der Waals surface area contributed by atoms with E-state index in [-0.39, 0.29) is 4.90 Å². The minimum Gasteiger partial charge on any atom is -0.490 e. The van der Waals surface area contributed by atoms with Crippen LogP contribution in [0.5, 0.6) is 11.5 Å². The molecule has 0 aliphatic rings. The predicted molar refractivity (Wildman–Crippen MR) is 67.8 cm³/mol. The Morgan fingerprint density at radius 3 is 2.11 bits per heavy atom. The van der Waals surface area contributed by atoms with Crippen molar-refractivity contribution >= 4 is 10.1 Å². The van der Waals surface area contributed by atoms with Crippen molar-refractivity contribution in [2.24, 2.45) is 0 Å². The van der Waals surface area contributed by atoms with Crippen LogP contribution in [0.3, 0.4) is 0 Å². The van der Waals surface area contributed by atoms with E-state index >= 15 is 0 Å². The lowest BCUT2D eigenvalue weighted by Gasteiger charge is -2.12. The molecule has 0 saturated heterocycles. The molecule has 0 fully saturated rings. The molecule has 1 N–H and O–H groups in total. The summed E-state index contributed by atoms with van der Waals surface area (Å²) < 4.78 is 41.9. The molecule has 6 heteroatoms. The van der Waals surface area contributed by atoms with Gasteiger partial charge in [-0.1, -0.05) is 13.8 Å². The minimum absolute atomic E-state index is 0.197. The molecule has 0 unspecified atom stereocenters. The fourth-order valence-electron chi connectivity index (χ4n) is 1.30. The smallest absolute Gasteiger partial charge is 0.294 e. The van der Waals surface area contributed by atoms with Gasteiger partial charge in [-0.3, -0.25) is 4.55 Å². The van der Waals surface area contributed by atoms with Crippen molar-refractivity contribution in [2.75, 3.05) is 13.2 Å². The molecular weight excluding hydrogens is 256 g/mol. The second kappa shape index (κ2) is 6.61. The van der Waals surface area contributed by atoms with Gasteiger partial charge in [-0.05, 0) is 25.0 Å². The van der Waals surface area contributed by atoms with E-state index in [4.69, 9.17) is 14.0 Å². The molecular formula is C12H18O5S. The summed E-state index contributed by atoms with van der Waals surface area (Å²) in [5.74, 6) is 0.818. The average Bonchev–Trinajstić information content (AvgIpc) is 2.33. The van der Waals surface area contributed by atoms with Crippen molar-refractivity contribution in [1.29, 1.82) is 0 Å². The van der Waals surface area contributed by atoms with Gasteiger partial charge in [0.25, 0.3) is 10.1 Å². The van der Waals surface area contributed by atoms with E-state index in [1.165, 1.54) is 18.2 Å². The van der Waals surface area contributed by atoms with Gasteiger partial charge in [0, 0.05) is 6.07 Å². The maximum atomic E-state index is 11.0. The molecule has 0 aliphatic heterocycles. The normalized spacial score (nSPS) is 11.3. The summed E-state index contributed by atoms with van der Waals surface area (Å²) in [4.78, 5) is -0.197. The Morgan fingerprint density at radius 2 is 1.61 bits per heavy atom. The van der Waals surface area contributed by atoms with Gasteiger partial charge < -0.3 is 9.47 Å². The van der Waals surface area contributed by atoms with E-state index in [1.807, 2.05) is 13.8 Å². The largest absolute Gasteiger partial charge is 0.490 e.